The van der Waals surface area contributed by atoms with Crippen molar-refractivity contribution in [3.8, 4) is 0 Å². The van der Waals surface area contributed by atoms with E-state index in [1.54, 1.807) is 46.9 Å². The highest BCUT2D eigenvalue weighted by Gasteiger charge is 2.40. The average molecular weight is 956 g/mol. The molecule has 2 fully saturated rings. The number of benzene rings is 2. The summed E-state index contributed by atoms with van der Waals surface area (Å²) in [6, 6.07) is 9.12. The van der Waals surface area contributed by atoms with E-state index in [0.717, 1.165) is 142 Å². The number of aryl methyl sites for hydroxylation is 2. The van der Waals surface area contributed by atoms with Gasteiger partial charge in [0.05, 0.1) is 33.5 Å². The Morgan fingerprint density at radius 3 is 1.47 bits per heavy atom. The normalized spacial score (nSPS) is 21.3. The lowest BCUT2D eigenvalue weighted by Crippen LogP contribution is -2.47. The maximum atomic E-state index is 15.5. The topological polar surface area (TPSA) is 108 Å². The molecule has 2 aromatic heterocycles. The van der Waals surface area contributed by atoms with Crippen LogP contribution < -0.4 is 11.5 Å². The minimum atomic E-state index is -0.655. The molecule has 2 aliphatic carbocycles. The fourth-order valence-corrected chi connectivity index (χ4v) is 13.5. The minimum Gasteiger partial charge on any atom is -0.375 e. The zero-order chi connectivity index (χ0) is 44.9. The van der Waals surface area contributed by atoms with Gasteiger partial charge in [-0.15, -0.1) is 22.7 Å². The second-order valence-electron chi connectivity index (χ2n) is 18.8. The molecular weight excluding hydrogens is 890 g/mol. The first-order chi connectivity index (χ1) is 31.0. The Bertz CT molecular complexity index is 2040. The first-order valence-corrected chi connectivity index (χ1v) is 26.2. The van der Waals surface area contributed by atoms with E-state index in [9.17, 15) is 8.78 Å². The van der Waals surface area contributed by atoms with Crippen LogP contribution in [0, 0.1) is 23.5 Å². The quantitative estimate of drug-likeness (QED) is 0.101. The van der Waals surface area contributed by atoms with E-state index < -0.39 is 23.7 Å². The molecule has 2 aliphatic heterocycles. The van der Waals surface area contributed by atoms with E-state index in [-0.39, 0.29) is 15.8 Å². The van der Waals surface area contributed by atoms with E-state index in [4.69, 9.17) is 34.7 Å². The molecule has 4 N–H and O–H groups in total. The largest absolute Gasteiger partial charge is 0.375 e. The van der Waals surface area contributed by atoms with Crippen LogP contribution in [0.5, 0.6) is 0 Å². The molecule has 0 amide bonds. The van der Waals surface area contributed by atoms with Crippen LogP contribution in [-0.4, -0.2) is 99.8 Å². The second kappa shape index (κ2) is 21.9. The number of thiazole rings is 2. The van der Waals surface area contributed by atoms with Gasteiger partial charge in [0, 0.05) is 21.8 Å². The van der Waals surface area contributed by atoms with Gasteiger partial charge in [-0.1, -0.05) is 49.2 Å². The van der Waals surface area contributed by atoms with Crippen LogP contribution in [0.1, 0.15) is 122 Å². The number of likely N-dealkylation sites (tertiary alicyclic amines) is 2. The number of nitrogen functional groups attached to an aromatic ring is 2. The Hall–Kier alpha value is -2.75. The number of aromatic nitrogens is 2. The standard InChI is InChI=1S/C49H66Cl2F2N8OS2/c1-3-19-58(35-7-11-41-43(29-35)63-48(54)56-41)21-13-31-15-23-60(24-16-31)45(33-5-9-39(52)37(50)27-33)47(62)46(34-6-10-40(53)38(51)28-34)61-25-17-32(18-26-61)14-22-59(20-4-2)36-8-12-42-44(30-36)64-49(55)57-42/h5-6,9-10,27-28,31-32,35-36,45-46H,3-4,7-8,11-26,29-30H2,1-2H3,(H2,54,56)(H2,55,57)/t35?,36?,45-,46-/m0/s1. The van der Waals surface area contributed by atoms with Gasteiger partial charge in [0.25, 0.3) is 0 Å². The molecule has 8 rings (SSSR count). The Labute approximate surface area is 396 Å². The summed E-state index contributed by atoms with van der Waals surface area (Å²) in [4.78, 5) is 37.3. The third-order valence-electron chi connectivity index (χ3n) is 14.7. The Kier molecular flexibility index (Phi) is 16.3. The number of nitrogens with two attached hydrogens (primary N) is 2. The molecular formula is C49H66Cl2F2N8OS2. The van der Waals surface area contributed by atoms with E-state index >= 15 is 4.79 Å². The molecule has 64 heavy (non-hydrogen) atoms. The summed E-state index contributed by atoms with van der Waals surface area (Å²) in [6.07, 6.45) is 14.5. The number of hydrogen-bond acceptors (Lipinski definition) is 11. The van der Waals surface area contributed by atoms with Crippen molar-refractivity contribution >= 4 is 61.9 Å². The molecule has 0 spiro atoms. The van der Waals surface area contributed by atoms with E-state index in [0.29, 0.717) is 45.3 Å². The maximum Gasteiger partial charge on any atom is 0.180 e. The molecule has 4 aliphatic rings. The van der Waals surface area contributed by atoms with E-state index in [1.165, 1.54) is 33.3 Å². The number of rotatable bonds is 18. The van der Waals surface area contributed by atoms with E-state index in [2.05, 4.69) is 43.4 Å². The highest BCUT2D eigenvalue weighted by molar-refractivity contribution is 7.15. The van der Waals surface area contributed by atoms with Crippen LogP contribution in [0.25, 0.3) is 0 Å². The predicted octanol–water partition coefficient (Wildman–Crippen LogP) is 10.4. The van der Waals surface area contributed by atoms with Crippen molar-refractivity contribution in [2.24, 2.45) is 11.8 Å². The average Bonchev–Trinajstić information content (AvgIpc) is 3.86. The van der Waals surface area contributed by atoms with Crippen molar-refractivity contribution in [3.05, 3.63) is 90.3 Å². The van der Waals surface area contributed by atoms with Crippen molar-refractivity contribution in [2.45, 2.75) is 128 Å². The number of carbonyl (C=O) groups excluding carboxylic acids is 1. The zero-order valence-electron chi connectivity index (χ0n) is 37.6. The summed E-state index contributed by atoms with van der Waals surface area (Å²) < 4.78 is 29.4. The smallest absolute Gasteiger partial charge is 0.180 e. The van der Waals surface area contributed by atoms with Crippen molar-refractivity contribution < 1.29 is 13.6 Å². The van der Waals surface area contributed by atoms with Crippen LogP contribution >= 0.6 is 45.9 Å². The summed E-state index contributed by atoms with van der Waals surface area (Å²) in [7, 11) is 0. The Balaban J connectivity index is 0.948. The lowest BCUT2D eigenvalue weighted by Gasteiger charge is -2.43. The SMILES string of the molecule is CCCN(CCC1CCN([C@H](C(=O)[C@H](c2ccc(F)c(Cl)c2)N2CCC(CCN(CCC)C3CCc4nc(N)sc4C3)CC2)c2ccc(F)c(Cl)c2)CC1)C1CCc2nc(N)sc2C1. The fraction of sp³-hybridized carbons (Fsp3) is 0.612. The molecule has 0 radical (unpaired) electrons. The number of ketones is 1. The molecule has 348 valence electrons. The first kappa shape index (κ1) is 47.7. The number of piperidine rings is 2. The van der Waals surface area contributed by atoms with Crippen molar-refractivity contribution in [1.29, 1.82) is 0 Å². The monoisotopic (exact) mass is 954 g/mol. The summed E-state index contributed by atoms with van der Waals surface area (Å²) >= 11 is 16.2. The van der Waals surface area contributed by atoms with Crippen LogP contribution in [0.3, 0.4) is 0 Å². The minimum absolute atomic E-state index is 0.00112. The van der Waals surface area contributed by atoms with Gasteiger partial charge < -0.3 is 21.3 Å². The second-order valence-corrected chi connectivity index (χ2v) is 21.8. The highest BCUT2D eigenvalue weighted by atomic mass is 35.5. The van der Waals surface area contributed by atoms with Gasteiger partial charge in [-0.3, -0.25) is 14.6 Å². The van der Waals surface area contributed by atoms with Gasteiger partial charge in [-0.2, -0.15) is 0 Å². The number of fused-ring (bicyclic) bond motifs is 2. The van der Waals surface area contributed by atoms with Crippen LogP contribution in [0.15, 0.2) is 36.4 Å². The third-order valence-corrected chi connectivity index (χ3v) is 17.1. The van der Waals surface area contributed by atoms with Gasteiger partial charge in [0.1, 0.15) is 11.6 Å². The molecule has 9 nitrogen and oxygen atoms in total. The molecule has 2 saturated heterocycles. The highest BCUT2D eigenvalue weighted by Crippen LogP contribution is 2.40. The number of carbonyl (C=O) groups is 1. The summed E-state index contributed by atoms with van der Waals surface area (Å²) in [5.74, 6) is 0.0295. The molecule has 0 saturated carbocycles. The van der Waals surface area contributed by atoms with E-state index in [1.807, 2.05) is 0 Å². The maximum absolute atomic E-state index is 15.5. The van der Waals surface area contributed by atoms with Crippen molar-refractivity contribution in [3.63, 3.8) is 0 Å². The molecule has 0 bridgehead atoms. The summed E-state index contributed by atoms with van der Waals surface area (Å²) in [5.41, 5.74) is 15.9. The van der Waals surface area contributed by atoms with Crippen LogP contribution in [0.4, 0.5) is 19.0 Å². The molecule has 4 atom stereocenters. The molecule has 2 unspecified atom stereocenters. The third kappa shape index (κ3) is 11.3. The molecule has 2 aromatic carbocycles. The Morgan fingerprint density at radius 2 is 1.09 bits per heavy atom. The van der Waals surface area contributed by atoms with Crippen LogP contribution in [-0.2, 0) is 30.5 Å². The lowest BCUT2D eigenvalue weighted by molar-refractivity contribution is -0.131. The zero-order valence-corrected chi connectivity index (χ0v) is 40.7. The molecule has 4 aromatic rings. The number of halogens is 4. The predicted molar refractivity (Wildman–Crippen MR) is 260 cm³/mol. The Morgan fingerprint density at radius 1 is 0.688 bits per heavy atom. The lowest BCUT2D eigenvalue weighted by atomic mass is 9.85. The van der Waals surface area contributed by atoms with Crippen molar-refractivity contribution in [1.82, 2.24) is 29.6 Å². The summed E-state index contributed by atoms with van der Waals surface area (Å²) in [5, 5.41) is 1.35. The van der Waals surface area contributed by atoms with Crippen LogP contribution in [0.2, 0.25) is 10.0 Å². The fourth-order valence-electron chi connectivity index (χ4n) is 11.2. The van der Waals surface area contributed by atoms with Gasteiger partial charge in [0.15, 0.2) is 16.0 Å². The first-order valence-electron chi connectivity index (χ1n) is 23.9. The van der Waals surface area contributed by atoms with Gasteiger partial charge in [-0.25, -0.2) is 18.7 Å². The molecule has 4 heterocycles. The van der Waals surface area contributed by atoms with Gasteiger partial charge in [-0.05, 0) is 189 Å². The van der Waals surface area contributed by atoms with Gasteiger partial charge >= 0.3 is 0 Å². The molecule has 15 heteroatoms. The number of nitrogens with zero attached hydrogens (tertiary/aromatic N) is 6. The van der Waals surface area contributed by atoms with Gasteiger partial charge in [0.2, 0.25) is 0 Å². The number of anilines is 2. The number of Topliss-reactive ketones (excluding diaryl/α,β-unsaturated/α-hetero) is 1. The number of hydrogen-bond donors (Lipinski definition) is 2. The van der Waals surface area contributed by atoms with Crippen molar-refractivity contribution in [2.75, 3.05) is 63.8 Å². The summed E-state index contributed by atoms with van der Waals surface area (Å²) in [6.45, 7) is 11.7.